The van der Waals surface area contributed by atoms with E-state index in [4.69, 9.17) is 14.2 Å². The summed E-state index contributed by atoms with van der Waals surface area (Å²) in [6, 6.07) is 3.36. The number of nitrogens with one attached hydrogen (secondary N) is 1. The lowest BCUT2D eigenvalue weighted by Crippen LogP contribution is -2.46. The first kappa shape index (κ1) is 18.4. The molecule has 1 aromatic rings. The molecule has 3 heterocycles. The van der Waals surface area contributed by atoms with Gasteiger partial charge in [-0.1, -0.05) is 0 Å². The molecule has 142 valence electrons. The van der Waals surface area contributed by atoms with Crippen LogP contribution in [0.15, 0.2) is 18.3 Å². The molecule has 0 aromatic carbocycles. The Labute approximate surface area is 152 Å². The van der Waals surface area contributed by atoms with E-state index in [2.05, 4.69) is 10.3 Å². The lowest BCUT2D eigenvalue weighted by molar-refractivity contribution is 0.0859. The second kappa shape index (κ2) is 8.84. The number of piperidine rings is 1. The molecule has 0 bridgehead atoms. The highest BCUT2D eigenvalue weighted by Gasteiger charge is 2.25. The van der Waals surface area contributed by atoms with Gasteiger partial charge in [0.1, 0.15) is 6.10 Å². The minimum absolute atomic E-state index is 0.00647. The minimum atomic E-state index is -0.288. The third-order valence-electron chi connectivity index (χ3n) is 4.53. The van der Waals surface area contributed by atoms with Crippen molar-refractivity contribution in [1.29, 1.82) is 0 Å². The van der Waals surface area contributed by atoms with Crippen molar-refractivity contribution in [1.82, 2.24) is 15.2 Å². The van der Waals surface area contributed by atoms with Gasteiger partial charge >= 0.3 is 6.09 Å². The van der Waals surface area contributed by atoms with Gasteiger partial charge in [-0.05, 0) is 25.8 Å². The summed E-state index contributed by atoms with van der Waals surface area (Å²) >= 11 is 0. The fourth-order valence-electron chi connectivity index (χ4n) is 3.08. The number of likely N-dealkylation sites (tertiary alicyclic amines) is 1. The second-order valence-corrected chi connectivity index (χ2v) is 6.42. The van der Waals surface area contributed by atoms with Crippen molar-refractivity contribution in [2.45, 2.75) is 38.3 Å². The van der Waals surface area contributed by atoms with Gasteiger partial charge < -0.3 is 24.4 Å². The molecule has 0 aliphatic carbocycles. The van der Waals surface area contributed by atoms with Gasteiger partial charge in [0.15, 0.2) is 0 Å². The zero-order valence-corrected chi connectivity index (χ0v) is 15.0. The summed E-state index contributed by atoms with van der Waals surface area (Å²) in [5, 5.41) is 3.02. The van der Waals surface area contributed by atoms with Crippen LogP contribution in [0.25, 0.3) is 0 Å². The van der Waals surface area contributed by atoms with Crippen molar-refractivity contribution in [2.75, 3.05) is 32.9 Å². The van der Waals surface area contributed by atoms with Crippen molar-refractivity contribution >= 4 is 12.0 Å². The van der Waals surface area contributed by atoms with Crippen molar-refractivity contribution < 1.29 is 23.8 Å². The van der Waals surface area contributed by atoms with Crippen LogP contribution in [-0.4, -0.2) is 66.9 Å². The number of hydrogen-bond donors (Lipinski definition) is 1. The highest BCUT2D eigenvalue weighted by Crippen LogP contribution is 2.17. The Balaban J connectivity index is 1.50. The van der Waals surface area contributed by atoms with E-state index < -0.39 is 0 Å². The average Bonchev–Trinajstić information content (AvgIpc) is 3.16. The first-order chi connectivity index (χ1) is 12.7. The Kier molecular flexibility index (Phi) is 6.27. The largest absolute Gasteiger partial charge is 0.472 e. The zero-order valence-electron chi connectivity index (χ0n) is 15.0. The number of amides is 2. The smallest absolute Gasteiger partial charge is 0.409 e. The number of carbonyl (C=O) groups is 2. The quantitative estimate of drug-likeness (QED) is 0.855. The Hall–Kier alpha value is -2.35. The first-order valence-electron chi connectivity index (χ1n) is 9.08. The zero-order chi connectivity index (χ0) is 18.4. The molecule has 2 aliphatic rings. The van der Waals surface area contributed by atoms with Crippen LogP contribution in [-0.2, 0) is 9.47 Å². The van der Waals surface area contributed by atoms with Crippen LogP contribution in [0.2, 0.25) is 0 Å². The number of hydrogen-bond acceptors (Lipinski definition) is 6. The molecule has 1 aromatic heterocycles. The predicted octanol–water partition coefficient (Wildman–Crippen LogP) is 1.60. The van der Waals surface area contributed by atoms with Gasteiger partial charge in [-0.2, -0.15) is 0 Å². The maximum Gasteiger partial charge on any atom is 0.409 e. The summed E-state index contributed by atoms with van der Waals surface area (Å²) in [5.41, 5.74) is 0.515. The summed E-state index contributed by atoms with van der Waals surface area (Å²) in [6.07, 6.45) is 3.52. The predicted molar refractivity (Wildman–Crippen MR) is 93.2 cm³/mol. The van der Waals surface area contributed by atoms with Crippen molar-refractivity contribution in [3.05, 3.63) is 23.9 Å². The van der Waals surface area contributed by atoms with E-state index in [9.17, 15) is 9.59 Å². The molecule has 2 fully saturated rings. The van der Waals surface area contributed by atoms with Crippen molar-refractivity contribution in [3.8, 4) is 5.88 Å². The average molecular weight is 363 g/mol. The van der Waals surface area contributed by atoms with Crippen LogP contribution >= 0.6 is 0 Å². The van der Waals surface area contributed by atoms with Crippen molar-refractivity contribution in [3.63, 3.8) is 0 Å². The molecule has 0 radical (unpaired) electrons. The highest BCUT2D eigenvalue weighted by atomic mass is 16.6. The maximum atomic E-state index is 12.5. The monoisotopic (exact) mass is 363 g/mol. The molecule has 2 aliphatic heterocycles. The Morgan fingerprint density at radius 2 is 2.15 bits per heavy atom. The van der Waals surface area contributed by atoms with E-state index in [1.165, 1.54) is 0 Å². The van der Waals surface area contributed by atoms with E-state index in [0.717, 1.165) is 6.42 Å². The normalized spacial score (nSPS) is 20.7. The Bertz CT molecular complexity index is 625. The maximum absolute atomic E-state index is 12.5. The second-order valence-electron chi connectivity index (χ2n) is 6.42. The molecule has 1 N–H and O–H groups in total. The molecular formula is C18H25N3O5. The van der Waals surface area contributed by atoms with Gasteiger partial charge in [0, 0.05) is 43.4 Å². The fourth-order valence-corrected chi connectivity index (χ4v) is 3.08. The molecule has 3 rings (SSSR count). The Morgan fingerprint density at radius 3 is 2.85 bits per heavy atom. The summed E-state index contributed by atoms with van der Waals surface area (Å²) in [4.78, 5) is 30.0. The van der Waals surface area contributed by atoms with Crippen LogP contribution in [0.4, 0.5) is 4.79 Å². The van der Waals surface area contributed by atoms with Crippen LogP contribution in [0.1, 0.15) is 36.5 Å². The third-order valence-corrected chi connectivity index (χ3v) is 4.53. The molecule has 0 spiro atoms. The molecule has 0 unspecified atom stereocenters. The van der Waals surface area contributed by atoms with Gasteiger partial charge in [-0.3, -0.25) is 4.79 Å². The van der Waals surface area contributed by atoms with E-state index in [-0.39, 0.29) is 24.1 Å². The summed E-state index contributed by atoms with van der Waals surface area (Å²) in [6.45, 7) is 4.56. The number of pyridine rings is 1. The summed E-state index contributed by atoms with van der Waals surface area (Å²) in [7, 11) is 0. The lowest BCUT2D eigenvalue weighted by Gasteiger charge is -2.31. The third kappa shape index (κ3) is 4.85. The van der Waals surface area contributed by atoms with Crippen LogP contribution < -0.4 is 10.1 Å². The standard InChI is InChI=1S/C18H25N3O5/c1-2-25-18(23)21-8-4-14(5-9-21)20-17(22)13-3-7-19-16(11-13)26-15-6-10-24-12-15/h3,7,11,14-15H,2,4-6,8-10,12H2,1H3,(H,20,22)/t15-/m1/s1. The summed E-state index contributed by atoms with van der Waals surface area (Å²) < 4.78 is 16.0. The molecule has 0 saturated carbocycles. The number of nitrogens with zero attached hydrogens (tertiary/aromatic N) is 2. The molecule has 2 amide bonds. The highest BCUT2D eigenvalue weighted by molar-refractivity contribution is 5.94. The Morgan fingerprint density at radius 1 is 1.35 bits per heavy atom. The van der Waals surface area contributed by atoms with Crippen LogP contribution in [0, 0.1) is 0 Å². The van der Waals surface area contributed by atoms with Gasteiger partial charge in [0.05, 0.1) is 19.8 Å². The van der Waals surface area contributed by atoms with E-state index >= 15 is 0 Å². The number of rotatable bonds is 5. The van der Waals surface area contributed by atoms with Gasteiger partial charge in [0.25, 0.3) is 5.91 Å². The molecule has 8 nitrogen and oxygen atoms in total. The molecule has 2 saturated heterocycles. The van der Waals surface area contributed by atoms with Gasteiger partial charge in [-0.25, -0.2) is 9.78 Å². The molecule has 1 atom stereocenters. The number of ether oxygens (including phenoxy) is 3. The van der Waals surface area contributed by atoms with E-state index in [0.29, 0.717) is 57.2 Å². The van der Waals surface area contributed by atoms with Gasteiger partial charge in [0.2, 0.25) is 5.88 Å². The minimum Gasteiger partial charge on any atom is -0.472 e. The van der Waals surface area contributed by atoms with E-state index in [1.54, 1.807) is 30.2 Å². The number of carbonyl (C=O) groups excluding carboxylic acids is 2. The molecule has 8 heteroatoms. The number of aromatic nitrogens is 1. The van der Waals surface area contributed by atoms with Crippen molar-refractivity contribution in [2.24, 2.45) is 0 Å². The van der Waals surface area contributed by atoms with Gasteiger partial charge in [-0.15, -0.1) is 0 Å². The van der Waals surface area contributed by atoms with E-state index in [1.807, 2.05) is 0 Å². The molecular weight excluding hydrogens is 338 g/mol. The fraction of sp³-hybridized carbons (Fsp3) is 0.611. The SMILES string of the molecule is CCOC(=O)N1CCC(NC(=O)c2ccnc(O[C@@H]3CCOC3)c2)CC1. The first-order valence-corrected chi connectivity index (χ1v) is 9.08. The van der Waals surface area contributed by atoms with Crippen LogP contribution in [0.3, 0.4) is 0 Å². The molecule has 26 heavy (non-hydrogen) atoms. The van der Waals surface area contributed by atoms with Crippen LogP contribution in [0.5, 0.6) is 5.88 Å². The topological polar surface area (TPSA) is 90.0 Å². The lowest BCUT2D eigenvalue weighted by atomic mass is 10.0. The summed E-state index contributed by atoms with van der Waals surface area (Å²) in [5.74, 6) is 0.278.